The molecule has 0 radical (unpaired) electrons. The number of aliphatic hydroxyl groups excluding tert-OH is 1. The van der Waals surface area contributed by atoms with Gasteiger partial charge >= 0.3 is 0 Å². The zero-order chi connectivity index (χ0) is 16.1. The minimum atomic E-state index is 0.00957. The topological polar surface area (TPSA) is 50.5 Å². The molecule has 2 heterocycles. The van der Waals surface area contributed by atoms with E-state index >= 15 is 0 Å². The first-order valence-electron chi connectivity index (χ1n) is 8.34. The molecule has 1 atom stereocenters. The Kier molecular flexibility index (Phi) is 5.31. The summed E-state index contributed by atoms with van der Waals surface area (Å²) in [7, 11) is 2.21. The molecule has 0 saturated carbocycles. The molecule has 1 aliphatic rings. The predicted octanol–water partition coefficient (Wildman–Crippen LogP) is 2.41. The third kappa shape index (κ3) is 3.74. The molecule has 0 amide bonds. The molecule has 0 aliphatic carbocycles. The Balaban J connectivity index is 1.83. The molecule has 1 N–H and O–H groups in total. The first-order valence-corrected chi connectivity index (χ1v) is 8.34. The van der Waals surface area contributed by atoms with E-state index in [1.807, 2.05) is 36.7 Å². The Labute approximate surface area is 137 Å². The summed E-state index contributed by atoms with van der Waals surface area (Å²) in [6.45, 7) is 2.42. The quantitative estimate of drug-likeness (QED) is 0.889. The Bertz CT molecular complexity index is 626. The van der Waals surface area contributed by atoms with Gasteiger partial charge in [-0.1, -0.05) is 18.6 Å². The lowest BCUT2D eigenvalue weighted by Crippen LogP contribution is -2.39. The molecule has 5 nitrogen and oxygen atoms in total. The van der Waals surface area contributed by atoms with Gasteiger partial charge in [0.2, 0.25) is 0 Å². The summed E-state index contributed by atoms with van der Waals surface area (Å²) in [5.41, 5.74) is 0.976. The first-order chi connectivity index (χ1) is 11.3. The zero-order valence-corrected chi connectivity index (χ0v) is 13.7. The van der Waals surface area contributed by atoms with Crippen molar-refractivity contribution in [3.8, 4) is 17.1 Å². The summed E-state index contributed by atoms with van der Waals surface area (Å²) in [4.78, 5) is 6.99. The number of benzene rings is 1. The highest BCUT2D eigenvalue weighted by atomic mass is 16.5. The monoisotopic (exact) mass is 315 g/mol. The van der Waals surface area contributed by atoms with E-state index in [-0.39, 0.29) is 6.61 Å². The molecule has 0 bridgehead atoms. The van der Waals surface area contributed by atoms with Crippen molar-refractivity contribution in [3.05, 3.63) is 36.7 Å². The number of imidazole rings is 1. The average Bonchev–Trinajstić information content (AvgIpc) is 3.03. The standard InChI is InChI=1S/C18H25N3O2/c1-20-10-5-4-6-15(20)14-21-11-9-19-18(21)16-7-2-3-8-17(16)23-13-12-22/h2-3,7-9,11,15,22H,4-6,10,12-14H2,1H3/t15-/m1/s1. The molecule has 1 aromatic heterocycles. The Morgan fingerprint density at radius 3 is 3.00 bits per heavy atom. The largest absolute Gasteiger partial charge is 0.490 e. The summed E-state index contributed by atoms with van der Waals surface area (Å²) in [5.74, 6) is 1.70. The Morgan fingerprint density at radius 2 is 2.17 bits per heavy atom. The number of para-hydroxylation sites is 1. The number of nitrogens with zero attached hydrogens (tertiary/aromatic N) is 3. The van der Waals surface area contributed by atoms with E-state index in [4.69, 9.17) is 9.84 Å². The van der Waals surface area contributed by atoms with Crippen LogP contribution in [0.1, 0.15) is 19.3 Å². The summed E-state index contributed by atoms with van der Waals surface area (Å²) in [5, 5.41) is 9.00. The van der Waals surface area contributed by atoms with Crippen LogP contribution in [-0.2, 0) is 6.54 Å². The summed E-state index contributed by atoms with van der Waals surface area (Å²) in [6, 6.07) is 8.44. The number of likely N-dealkylation sites (tertiary alicyclic amines) is 1. The minimum Gasteiger partial charge on any atom is -0.490 e. The van der Waals surface area contributed by atoms with Crippen molar-refractivity contribution in [2.45, 2.75) is 31.8 Å². The van der Waals surface area contributed by atoms with Crippen LogP contribution in [-0.4, -0.2) is 52.4 Å². The van der Waals surface area contributed by atoms with Crippen molar-refractivity contribution in [1.82, 2.24) is 14.5 Å². The van der Waals surface area contributed by atoms with Gasteiger partial charge in [-0.3, -0.25) is 0 Å². The van der Waals surface area contributed by atoms with Crippen LogP contribution in [0.2, 0.25) is 0 Å². The number of piperidine rings is 1. The third-order valence-corrected chi connectivity index (χ3v) is 4.52. The van der Waals surface area contributed by atoms with Gasteiger partial charge in [0, 0.05) is 25.0 Å². The van der Waals surface area contributed by atoms with E-state index < -0.39 is 0 Å². The maximum Gasteiger partial charge on any atom is 0.143 e. The molecule has 0 spiro atoms. The van der Waals surface area contributed by atoms with Crippen LogP contribution < -0.4 is 4.74 Å². The van der Waals surface area contributed by atoms with E-state index in [1.54, 1.807) is 0 Å². The normalized spacial score (nSPS) is 19.0. The molecule has 124 valence electrons. The number of likely N-dealkylation sites (N-methyl/N-ethyl adjacent to an activating group) is 1. The van der Waals surface area contributed by atoms with Gasteiger partial charge in [-0.25, -0.2) is 4.98 Å². The smallest absolute Gasteiger partial charge is 0.143 e. The molecule has 1 saturated heterocycles. The summed E-state index contributed by atoms with van der Waals surface area (Å²) < 4.78 is 7.88. The van der Waals surface area contributed by atoms with Crippen molar-refractivity contribution >= 4 is 0 Å². The predicted molar refractivity (Wildman–Crippen MR) is 90.5 cm³/mol. The number of aromatic nitrogens is 2. The fourth-order valence-corrected chi connectivity index (χ4v) is 3.24. The minimum absolute atomic E-state index is 0.00957. The molecule has 3 rings (SSSR count). The van der Waals surface area contributed by atoms with Gasteiger partial charge in [-0.15, -0.1) is 0 Å². The molecule has 1 aliphatic heterocycles. The van der Waals surface area contributed by atoms with Gasteiger partial charge in [0.25, 0.3) is 0 Å². The fraction of sp³-hybridized carbons (Fsp3) is 0.500. The fourth-order valence-electron chi connectivity index (χ4n) is 3.24. The molecular weight excluding hydrogens is 290 g/mol. The van der Waals surface area contributed by atoms with Gasteiger partial charge < -0.3 is 19.3 Å². The van der Waals surface area contributed by atoms with Crippen LogP contribution in [0.15, 0.2) is 36.7 Å². The first kappa shape index (κ1) is 16.0. The molecule has 5 heteroatoms. The highest BCUT2D eigenvalue weighted by Gasteiger charge is 2.21. The van der Waals surface area contributed by atoms with Crippen LogP contribution in [0, 0.1) is 0 Å². The number of rotatable bonds is 6. The SMILES string of the molecule is CN1CCCC[C@@H]1Cn1ccnc1-c1ccccc1OCCO. The second-order valence-corrected chi connectivity index (χ2v) is 6.10. The van der Waals surface area contributed by atoms with Crippen LogP contribution in [0.4, 0.5) is 0 Å². The second-order valence-electron chi connectivity index (χ2n) is 6.10. The lowest BCUT2D eigenvalue weighted by Gasteiger charge is -2.33. The van der Waals surface area contributed by atoms with Gasteiger partial charge in [0.15, 0.2) is 0 Å². The van der Waals surface area contributed by atoms with E-state index in [2.05, 4.69) is 21.5 Å². The molecule has 23 heavy (non-hydrogen) atoms. The Morgan fingerprint density at radius 1 is 1.30 bits per heavy atom. The number of ether oxygens (including phenoxy) is 1. The highest BCUT2D eigenvalue weighted by Crippen LogP contribution is 2.29. The van der Waals surface area contributed by atoms with E-state index in [1.165, 1.54) is 25.8 Å². The number of hydrogen-bond donors (Lipinski definition) is 1. The lowest BCUT2D eigenvalue weighted by atomic mass is 10.0. The lowest BCUT2D eigenvalue weighted by molar-refractivity contribution is 0.168. The van der Waals surface area contributed by atoms with Crippen molar-refractivity contribution in [1.29, 1.82) is 0 Å². The van der Waals surface area contributed by atoms with Crippen molar-refractivity contribution in [3.63, 3.8) is 0 Å². The third-order valence-electron chi connectivity index (χ3n) is 4.52. The molecular formula is C18H25N3O2. The van der Waals surface area contributed by atoms with E-state index in [0.717, 1.165) is 23.7 Å². The van der Waals surface area contributed by atoms with Gasteiger partial charge in [0.05, 0.1) is 12.2 Å². The molecule has 1 aromatic carbocycles. The molecule has 0 unspecified atom stereocenters. The average molecular weight is 315 g/mol. The van der Waals surface area contributed by atoms with Gasteiger partial charge in [-0.05, 0) is 38.6 Å². The summed E-state index contributed by atoms with van der Waals surface area (Å²) >= 11 is 0. The van der Waals surface area contributed by atoms with E-state index in [0.29, 0.717) is 12.6 Å². The molecule has 1 fully saturated rings. The zero-order valence-electron chi connectivity index (χ0n) is 13.7. The van der Waals surface area contributed by atoms with Crippen molar-refractivity contribution < 1.29 is 9.84 Å². The van der Waals surface area contributed by atoms with Crippen LogP contribution in [0.5, 0.6) is 5.75 Å². The second kappa shape index (κ2) is 7.62. The van der Waals surface area contributed by atoms with Crippen molar-refractivity contribution in [2.75, 3.05) is 26.8 Å². The Hall–Kier alpha value is -1.85. The van der Waals surface area contributed by atoms with Crippen molar-refractivity contribution in [2.24, 2.45) is 0 Å². The van der Waals surface area contributed by atoms with Crippen LogP contribution >= 0.6 is 0 Å². The highest BCUT2D eigenvalue weighted by molar-refractivity contribution is 5.64. The van der Waals surface area contributed by atoms with Crippen LogP contribution in [0.3, 0.4) is 0 Å². The van der Waals surface area contributed by atoms with Gasteiger partial charge in [-0.2, -0.15) is 0 Å². The van der Waals surface area contributed by atoms with Crippen LogP contribution in [0.25, 0.3) is 11.4 Å². The maximum absolute atomic E-state index is 9.00. The maximum atomic E-state index is 9.00. The number of aliphatic hydroxyl groups is 1. The summed E-state index contributed by atoms with van der Waals surface area (Å²) in [6.07, 6.45) is 7.72. The number of hydrogen-bond acceptors (Lipinski definition) is 4. The van der Waals surface area contributed by atoms with E-state index in [9.17, 15) is 0 Å². The van der Waals surface area contributed by atoms with Gasteiger partial charge in [0.1, 0.15) is 18.2 Å². The molecule has 2 aromatic rings.